The number of nitrogens with one attached hydrogen (secondary N) is 2. The fraction of sp³-hybridized carbons (Fsp3) is 0.421. The summed E-state index contributed by atoms with van der Waals surface area (Å²) in [7, 11) is 0. The molecular formula is C19H25N3O. The summed E-state index contributed by atoms with van der Waals surface area (Å²) in [6.45, 7) is 6.60. The summed E-state index contributed by atoms with van der Waals surface area (Å²) in [6, 6.07) is 12.5. The smallest absolute Gasteiger partial charge is 0.191 e. The summed E-state index contributed by atoms with van der Waals surface area (Å²) >= 11 is 0. The van der Waals surface area contributed by atoms with Gasteiger partial charge < -0.3 is 15.1 Å². The number of hydrogen-bond donors (Lipinski definition) is 2. The molecule has 0 saturated heterocycles. The molecule has 1 aliphatic carbocycles. The molecule has 0 atom stereocenters. The van der Waals surface area contributed by atoms with Crippen LogP contribution in [-0.4, -0.2) is 19.0 Å². The highest BCUT2D eigenvalue weighted by molar-refractivity contribution is 5.80. The van der Waals surface area contributed by atoms with Crippen molar-refractivity contribution in [1.29, 1.82) is 0 Å². The van der Waals surface area contributed by atoms with Gasteiger partial charge in [-0.05, 0) is 49.9 Å². The molecule has 0 unspecified atom stereocenters. The van der Waals surface area contributed by atoms with Gasteiger partial charge in [0.15, 0.2) is 5.96 Å². The molecule has 122 valence electrons. The molecule has 4 nitrogen and oxygen atoms in total. The summed E-state index contributed by atoms with van der Waals surface area (Å²) in [5.74, 6) is 1.73. The second-order valence-electron chi connectivity index (χ2n) is 6.22. The zero-order valence-corrected chi connectivity index (χ0v) is 13.9. The van der Waals surface area contributed by atoms with Crippen molar-refractivity contribution >= 4 is 5.96 Å². The number of nitrogens with zero attached hydrogens (tertiary/aromatic N) is 1. The molecule has 1 aromatic carbocycles. The van der Waals surface area contributed by atoms with Crippen LogP contribution >= 0.6 is 0 Å². The molecule has 23 heavy (non-hydrogen) atoms. The van der Waals surface area contributed by atoms with E-state index in [9.17, 15) is 0 Å². The first-order valence-electron chi connectivity index (χ1n) is 8.34. The van der Waals surface area contributed by atoms with Crippen molar-refractivity contribution in [2.24, 2.45) is 4.99 Å². The molecule has 1 heterocycles. The molecule has 0 aliphatic heterocycles. The van der Waals surface area contributed by atoms with E-state index in [4.69, 9.17) is 4.42 Å². The number of aryl methyl sites for hydroxylation is 1. The van der Waals surface area contributed by atoms with Gasteiger partial charge in [-0.2, -0.15) is 0 Å². The Kier molecular flexibility index (Phi) is 4.70. The van der Waals surface area contributed by atoms with Gasteiger partial charge in [0.25, 0.3) is 0 Å². The van der Waals surface area contributed by atoms with Gasteiger partial charge in [0.05, 0.1) is 6.26 Å². The third kappa shape index (κ3) is 3.76. The van der Waals surface area contributed by atoms with Crippen molar-refractivity contribution in [3.63, 3.8) is 0 Å². The Morgan fingerprint density at radius 1 is 1.17 bits per heavy atom. The second kappa shape index (κ2) is 6.90. The van der Waals surface area contributed by atoms with Gasteiger partial charge in [-0.15, -0.1) is 0 Å². The average Bonchev–Trinajstić information content (AvgIpc) is 3.16. The normalized spacial score (nSPS) is 16.2. The zero-order valence-electron chi connectivity index (χ0n) is 13.9. The molecular weight excluding hydrogens is 286 g/mol. The number of hydrogen-bond acceptors (Lipinski definition) is 2. The monoisotopic (exact) mass is 311 g/mol. The zero-order chi connectivity index (χ0) is 16.1. The molecule has 1 saturated carbocycles. The molecule has 2 N–H and O–H groups in total. The molecule has 0 radical (unpaired) electrons. The van der Waals surface area contributed by atoms with E-state index < -0.39 is 0 Å². The lowest BCUT2D eigenvalue weighted by Crippen LogP contribution is -2.41. The Labute approximate surface area is 138 Å². The Morgan fingerprint density at radius 3 is 2.65 bits per heavy atom. The Balaban J connectivity index is 1.65. The lowest BCUT2D eigenvalue weighted by atomic mass is 9.92. The van der Waals surface area contributed by atoms with Crippen molar-refractivity contribution in [1.82, 2.24) is 10.6 Å². The van der Waals surface area contributed by atoms with Crippen LogP contribution in [0.4, 0.5) is 0 Å². The molecule has 1 aromatic heterocycles. The number of benzene rings is 1. The topological polar surface area (TPSA) is 49.6 Å². The fourth-order valence-electron chi connectivity index (χ4n) is 3.01. The predicted molar refractivity (Wildman–Crippen MR) is 93.6 cm³/mol. The number of aliphatic imine (C=N–C) groups is 1. The van der Waals surface area contributed by atoms with Gasteiger partial charge >= 0.3 is 0 Å². The molecule has 0 spiro atoms. The highest BCUT2D eigenvalue weighted by Crippen LogP contribution is 2.48. The molecule has 1 fully saturated rings. The van der Waals surface area contributed by atoms with Gasteiger partial charge in [0, 0.05) is 18.5 Å². The summed E-state index contributed by atoms with van der Waals surface area (Å²) in [4.78, 5) is 4.60. The SMILES string of the molecule is CCNC(=NCc1ccco1)NCC1(c2ccccc2C)CC1. The maximum Gasteiger partial charge on any atom is 0.191 e. The van der Waals surface area contributed by atoms with Gasteiger partial charge in [0.2, 0.25) is 0 Å². The van der Waals surface area contributed by atoms with Crippen LogP contribution in [-0.2, 0) is 12.0 Å². The lowest BCUT2D eigenvalue weighted by molar-refractivity contribution is 0.511. The molecule has 0 amide bonds. The molecule has 2 aromatic rings. The van der Waals surface area contributed by atoms with E-state index in [2.05, 4.69) is 53.7 Å². The van der Waals surface area contributed by atoms with Gasteiger partial charge in [-0.1, -0.05) is 24.3 Å². The Bertz CT molecular complexity index is 657. The van der Waals surface area contributed by atoms with E-state index >= 15 is 0 Å². The summed E-state index contributed by atoms with van der Waals surface area (Å²) in [5, 5.41) is 6.82. The van der Waals surface area contributed by atoms with E-state index in [1.165, 1.54) is 24.0 Å². The van der Waals surface area contributed by atoms with Crippen LogP contribution in [0.3, 0.4) is 0 Å². The van der Waals surface area contributed by atoms with E-state index in [1.807, 2.05) is 12.1 Å². The van der Waals surface area contributed by atoms with E-state index in [0.717, 1.165) is 24.8 Å². The molecule has 4 heteroatoms. The lowest BCUT2D eigenvalue weighted by Gasteiger charge is -2.20. The van der Waals surface area contributed by atoms with Crippen molar-refractivity contribution < 1.29 is 4.42 Å². The first-order chi connectivity index (χ1) is 11.2. The van der Waals surface area contributed by atoms with Crippen molar-refractivity contribution in [2.45, 2.75) is 38.6 Å². The maximum atomic E-state index is 5.34. The van der Waals surface area contributed by atoms with Crippen LogP contribution in [0.2, 0.25) is 0 Å². The van der Waals surface area contributed by atoms with Crippen LogP contribution in [0.15, 0.2) is 52.1 Å². The molecule has 0 bridgehead atoms. The minimum absolute atomic E-state index is 0.270. The largest absolute Gasteiger partial charge is 0.467 e. The predicted octanol–water partition coefficient (Wildman–Crippen LogP) is 3.37. The Hall–Kier alpha value is -2.23. The van der Waals surface area contributed by atoms with Crippen molar-refractivity contribution in [2.75, 3.05) is 13.1 Å². The number of furan rings is 1. The van der Waals surface area contributed by atoms with Gasteiger partial charge in [-0.3, -0.25) is 0 Å². The average molecular weight is 311 g/mol. The summed E-state index contributed by atoms with van der Waals surface area (Å²) in [5.41, 5.74) is 3.12. The van der Waals surface area contributed by atoms with E-state index in [1.54, 1.807) is 6.26 Å². The highest BCUT2D eigenvalue weighted by atomic mass is 16.3. The third-order valence-corrected chi connectivity index (χ3v) is 4.48. The minimum atomic E-state index is 0.270. The Morgan fingerprint density at radius 2 is 2.00 bits per heavy atom. The van der Waals surface area contributed by atoms with Crippen LogP contribution in [0.5, 0.6) is 0 Å². The van der Waals surface area contributed by atoms with Crippen molar-refractivity contribution in [3.8, 4) is 0 Å². The standard InChI is InChI=1S/C19H25N3O/c1-3-20-18(21-13-16-8-6-12-23-16)22-14-19(10-11-19)17-9-5-4-7-15(17)2/h4-9,12H,3,10-11,13-14H2,1-2H3,(H2,20,21,22). The quantitative estimate of drug-likeness (QED) is 0.635. The maximum absolute atomic E-state index is 5.34. The van der Waals surface area contributed by atoms with E-state index in [0.29, 0.717) is 6.54 Å². The van der Waals surface area contributed by atoms with Gasteiger partial charge in [-0.25, -0.2) is 4.99 Å². The van der Waals surface area contributed by atoms with Gasteiger partial charge in [0.1, 0.15) is 12.3 Å². The second-order valence-corrected chi connectivity index (χ2v) is 6.22. The fourth-order valence-corrected chi connectivity index (χ4v) is 3.01. The summed E-state index contributed by atoms with van der Waals surface area (Å²) in [6.07, 6.45) is 4.16. The molecule has 1 aliphatic rings. The van der Waals surface area contributed by atoms with Crippen LogP contribution < -0.4 is 10.6 Å². The number of guanidine groups is 1. The first kappa shape index (κ1) is 15.7. The molecule has 3 rings (SSSR count). The van der Waals surface area contributed by atoms with Crippen molar-refractivity contribution in [3.05, 3.63) is 59.5 Å². The van der Waals surface area contributed by atoms with Crippen LogP contribution in [0.1, 0.15) is 36.7 Å². The van der Waals surface area contributed by atoms with Crippen LogP contribution in [0, 0.1) is 6.92 Å². The highest BCUT2D eigenvalue weighted by Gasteiger charge is 2.44. The summed E-state index contributed by atoms with van der Waals surface area (Å²) < 4.78 is 5.34. The van der Waals surface area contributed by atoms with E-state index in [-0.39, 0.29) is 5.41 Å². The first-order valence-corrected chi connectivity index (χ1v) is 8.34. The number of rotatable bonds is 6. The minimum Gasteiger partial charge on any atom is -0.467 e. The third-order valence-electron chi connectivity index (χ3n) is 4.48. The van der Waals surface area contributed by atoms with Crippen LogP contribution in [0.25, 0.3) is 0 Å².